The van der Waals surface area contributed by atoms with Gasteiger partial charge in [-0.05, 0) is 26.0 Å². The number of rotatable bonds is 5. The zero-order valence-electron chi connectivity index (χ0n) is 18.4. The lowest BCUT2D eigenvalue weighted by Gasteiger charge is -2.32. The number of imidazole rings is 1. The Labute approximate surface area is 192 Å². The molecular weight excluding hydrogens is 457 g/mol. The zero-order valence-corrected chi connectivity index (χ0v) is 18.4. The van der Waals surface area contributed by atoms with E-state index in [0.29, 0.717) is 12.2 Å². The van der Waals surface area contributed by atoms with Crippen molar-refractivity contribution in [2.45, 2.75) is 45.7 Å². The summed E-state index contributed by atoms with van der Waals surface area (Å²) in [5, 5.41) is 9.99. The lowest BCUT2D eigenvalue weighted by atomic mass is 10.2. The van der Waals surface area contributed by atoms with Crippen LogP contribution >= 0.6 is 0 Å². The van der Waals surface area contributed by atoms with Crippen LogP contribution in [0.15, 0.2) is 41.4 Å². The number of aliphatic carboxylic acids is 1. The summed E-state index contributed by atoms with van der Waals surface area (Å²) in [6.07, 6.45) is 1.78. The molecule has 0 fully saturated rings. The van der Waals surface area contributed by atoms with Crippen molar-refractivity contribution in [3.63, 3.8) is 0 Å². The van der Waals surface area contributed by atoms with Crippen molar-refractivity contribution in [2.75, 3.05) is 6.54 Å². The number of hydrogen-bond acceptors (Lipinski definition) is 7. The number of carboxylic acids is 1. The number of furan rings is 1. The Kier molecular flexibility index (Phi) is 7.66. The second-order valence-corrected chi connectivity index (χ2v) is 7.54. The average Bonchev–Trinajstić information content (AvgIpc) is 3.45. The number of aromatic nitrogens is 4. The van der Waals surface area contributed by atoms with E-state index in [2.05, 4.69) is 36.7 Å². The van der Waals surface area contributed by atoms with Gasteiger partial charge in [-0.1, -0.05) is 0 Å². The molecular formula is C21H23F3N6O4. The van der Waals surface area contributed by atoms with Gasteiger partial charge in [-0.15, -0.1) is 0 Å². The minimum Gasteiger partial charge on any atom is -0.475 e. The number of carbonyl (C=O) groups excluding carboxylic acids is 1. The molecule has 4 heterocycles. The van der Waals surface area contributed by atoms with Gasteiger partial charge in [0.05, 0.1) is 43.0 Å². The van der Waals surface area contributed by atoms with Crippen molar-refractivity contribution in [2.24, 2.45) is 0 Å². The molecule has 0 saturated carbocycles. The maximum Gasteiger partial charge on any atom is 0.490 e. The predicted molar refractivity (Wildman–Crippen MR) is 111 cm³/mol. The van der Waals surface area contributed by atoms with Crippen molar-refractivity contribution >= 4 is 11.9 Å². The Hall–Kier alpha value is -3.74. The molecule has 0 aliphatic carbocycles. The summed E-state index contributed by atoms with van der Waals surface area (Å²) in [6, 6.07) is 3.97. The number of carbonyl (C=O) groups is 2. The Morgan fingerprint density at radius 2 is 2.00 bits per heavy atom. The van der Waals surface area contributed by atoms with Crippen LogP contribution in [-0.4, -0.2) is 54.1 Å². The largest absolute Gasteiger partial charge is 0.490 e. The fraction of sp³-hybridized carbons (Fsp3) is 0.381. The highest BCUT2D eigenvalue weighted by Crippen LogP contribution is 2.26. The number of aryl methyl sites for hydroxylation is 1. The molecule has 4 rings (SSSR count). The molecule has 2 N–H and O–H groups in total. The summed E-state index contributed by atoms with van der Waals surface area (Å²) >= 11 is 0. The lowest BCUT2D eigenvalue weighted by Crippen LogP contribution is -2.36. The van der Waals surface area contributed by atoms with E-state index in [-0.39, 0.29) is 11.9 Å². The van der Waals surface area contributed by atoms with Crippen LogP contribution in [0.5, 0.6) is 0 Å². The third-order valence-electron chi connectivity index (χ3n) is 5.04. The van der Waals surface area contributed by atoms with Gasteiger partial charge >= 0.3 is 12.1 Å². The summed E-state index contributed by atoms with van der Waals surface area (Å²) in [6.45, 7) is 6.71. The number of nitrogens with one attached hydrogen (secondary N) is 1. The highest BCUT2D eigenvalue weighted by molar-refractivity contribution is 5.92. The first-order valence-corrected chi connectivity index (χ1v) is 10.2. The number of carboxylic acid groups (broad SMARTS) is 1. The molecule has 0 saturated heterocycles. The molecule has 10 nitrogen and oxygen atoms in total. The summed E-state index contributed by atoms with van der Waals surface area (Å²) in [7, 11) is 0. The Balaban J connectivity index is 0.000000406. The van der Waals surface area contributed by atoms with E-state index < -0.39 is 12.1 Å². The van der Waals surface area contributed by atoms with Crippen molar-refractivity contribution in [1.82, 2.24) is 29.7 Å². The summed E-state index contributed by atoms with van der Waals surface area (Å²) in [4.78, 5) is 36.7. The van der Waals surface area contributed by atoms with Crippen molar-refractivity contribution in [1.29, 1.82) is 0 Å². The topological polar surface area (TPSA) is 126 Å². The first-order chi connectivity index (χ1) is 16.0. The molecule has 0 radical (unpaired) electrons. The van der Waals surface area contributed by atoms with Gasteiger partial charge in [-0.2, -0.15) is 13.2 Å². The molecule has 3 aromatic rings. The Bertz CT molecular complexity index is 1110. The normalized spacial score (nSPS) is 15.7. The summed E-state index contributed by atoms with van der Waals surface area (Å²) < 4.78 is 39.2. The van der Waals surface area contributed by atoms with Crippen LogP contribution < -0.4 is 5.32 Å². The van der Waals surface area contributed by atoms with E-state index in [4.69, 9.17) is 14.3 Å². The number of nitrogens with zero attached hydrogens (tertiary/aromatic N) is 5. The number of fused-ring (bicyclic) bond motifs is 1. The zero-order chi connectivity index (χ0) is 24.9. The van der Waals surface area contributed by atoms with Crippen molar-refractivity contribution in [3.05, 3.63) is 65.7 Å². The molecule has 3 aromatic heterocycles. The quantitative estimate of drug-likeness (QED) is 0.571. The van der Waals surface area contributed by atoms with Gasteiger partial charge < -0.3 is 19.4 Å². The van der Waals surface area contributed by atoms with Crippen LogP contribution in [0.3, 0.4) is 0 Å². The van der Waals surface area contributed by atoms with Gasteiger partial charge in [0.25, 0.3) is 5.91 Å². The monoisotopic (exact) mass is 480 g/mol. The van der Waals surface area contributed by atoms with Gasteiger partial charge in [0.1, 0.15) is 17.3 Å². The van der Waals surface area contributed by atoms with Crippen molar-refractivity contribution in [3.8, 4) is 0 Å². The number of halogens is 3. The van der Waals surface area contributed by atoms with Crippen LogP contribution in [0.2, 0.25) is 0 Å². The highest BCUT2D eigenvalue weighted by atomic mass is 19.4. The molecule has 1 aliphatic heterocycles. The molecule has 0 aromatic carbocycles. The fourth-order valence-electron chi connectivity index (χ4n) is 3.24. The number of alkyl halides is 3. The van der Waals surface area contributed by atoms with E-state index in [1.807, 2.05) is 25.3 Å². The fourth-order valence-corrected chi connectivity index (χ4v) is 3.24. The van der Waals surface area contributed by atoms with Crippen LogP contribution in [0.4, 0.5) is 13.2 Å². The Morgan fingerprint density at radius 1 is 1.26 bits per heavy atom. The van der Waals surface area contributed by atoms with E-state index in [9.17, 15) is 18.0 Å². The van der Waals surface area contributed by atoms with Crippen molar-refractivity contribution < 1.29 is 32.3 Å². The minimum atomic E-state index is -5.08. The number of amides is 1. The third kappa shape index (κ3) is 6.41. The van der Waals surface area contributed by atoms with E-state index >= 15 is 0 Å². The second-order valence-electron chi connectivity index (χ2n) is 7.54. The maximum absolute atomic E-state index is 12.5. The average molecular weight is 480 g/mol. The number of hydrogen-bond donors (Lipinski definition) is 2. The van der Waals surface area contributed by atoms with Gasteiger partial charge in [-0.25, -0.2) is 9.78 Å². The second kappa shape index (κ2) is 10.5. The van der Waals surface area contributed by atoms with E-state index in [1.165, 1.54) is 0 Å². The molecule has 1 atom stereocenters. The summed E-state index contributed by atoms with van der Waals surface area (Å²) in [5.41, 5.74) is 1.99. The van der Waals surface area contributed by atoms with Crippen LogP contribution in [0.1, 0.15) is 46.4 Å². The van der Waals surface area contributed by atoms with E-state index in [1.54, 1.807) is 18.7 Å². The molecule has 182 valence electrons. The van der Waals surface area contributed by atoms with Gasteiger partial charge in [0, 0.05) is 25.5 Å². The molecule has 1 aliphatic rings. The molecule has 0 spiro atoms. The van der Waals surface area contributed by atoms with Crippen LogP contribution in [0, 0.1) is 6.92 Å². The van der Waals surface area contributed by atoms with Gasteiger partial charge in [-0.3, -0.25) is 19.7 Å². The molecule has 34 heavy (non-hydrogen) atoms. The SMILES string of the molecule is Cc1cnc(CNC(=O)c2cn3c(n2)C(C)N(Cc2ccco2)CC3)cn1.O=C(O)C(F)(F)F. The maximum atomic E-state index is 12.5. The highest BCUT2D eigenvalue weighted by Gasteiger charge is 2.38. The first-order valence-electron chi connectivity index (χ1n) is 10.2. The van der Waals surface area contributed by atoms with Crippen LogP contribution in [-0.2, 0) is 24.4 Å². The molecule has 0 bridgehead atoms. The standard InChI is InChI=1S/C19H22N6O2.C2HF3O2/c1-13-8-21-15(9-20-13)10-22-19(26)17-12-25-6-5-24(14(2)18(25)23-17)11-16-4-3-7-27-16;3-2(4,5)1(6)7/h3-4,7-9,12,14H,5-6,10-11H2,1-2H3,(H,22,26);(H,6,7). The first kappa shape index (κ1) is 24.9. The minimum absolute atomic E-state index is 0.105. The molecule has 13 heteroatoms. The smallest absolute Gasteiger partial charge is 0.475 e. The molecule has 1 unspecified atom stereocenters. The summed E-state index contributed by atoms with van der Waals surface area (Å²) in [5.74, 6) is -1.14. The van der Waals surface area contributed by atoms with Gasteiger partial charge in [0.2, 0.25) is 0 Å². The van der Waals surface area contributed by atoms with Gasteiger partial charge in [0.15, 0.2) is 0 Å². The third-order valence-corrected chi connectivity index (χ3v) is 5.04. The molecule has 1 amide bonds. The van der Waals surface area contributed by atoms with E-state index in [0.717, 1.165) is 42.6 Å². The Morgan fingerprint density at radius 3 is 2.59 bits per heavy atom. The lowest BCUT2D eigenvalue weighted by molar-refractivity contribution is -0.192. The van der Waals surface area contributed by atoms with Crippen LogP contribution in [0.25, 0.3) is 0 Å². The predicted octanol–water partition coefficient (Wildman–Crippen LogP) is 2.71.